The highest BCUT2D eigenvalue weighted by Crippen LogP contribution is 2.11. The van der Waals surface area contributed by atoms with Crippen LogP contribution in [0.4, 0.5) is 5.69 Å². The first-order valence-electron chi connectivity index (χ1n) is 6.09. The Morgan fingerprint density at radius 1 is 1.42 bits per heavy atom. The van der Waals surface area contributed by atoms with Crippen molar-refractivity contribution >= 4 is 11.6 Å². The number of carbonyl (C=O) groups excluding carboxylic acids is 1. The van der Waals surface area contributed by atoms with E-state index in [1.165, 1.54) is 0 Å². The molecular weight excluding hydrogens is 242 g/mol. The van der Waals surface area contributed by atoms with Gasteiger partial charge in [0.1, 0.15) is 0 Å². The molecule has 2 heterocycles. The molecule has 0 saturated carbocycles. The van der Waals surface area contributed by atoms with Crippen molar-refractivity contribution < 1.29 is 4.79 Å². The van der Waals surface area contributed by atoms with Crippen molar-refractivity contribution in [3.8, 4) is 0 Å². The van der Waals surface area contributed by atoms with Gasteiger partial charge >= 0.3 is 0 Å². The molecule has 6 heteroatoms. The molecule has 0 aliphatic rings. The first-order valence-corrected chi connectivity index (χ1v) is 6.09. The van der Waals surface area contributed by atoms with E-state index >= 15 is 0 Å². The van der Waals surface area contributed by atoms with Gasteiger partial charge in [0.15, 0.2) is 0 Å². The Hall–Kier alpha value is -2.37. The molecule has 2 rings (SSSR count). The van der Waals surface area contributed by atoms with Gasteiger partial charge in [-0.15, -0.1) is 0 Å². The number of aryl methyl sites for hydroxylation is 1. The number of carbonyl (C=O) groups is 1. The lowest BCUT2D eigenvalue weighted by molar-refractivity contribution is 0.0952. The first kappa shape index (κ1) is 13.1. The van der Waals surface area contributed by atoms with Crippen LogP contribution in [0.5, 0.6) is 0 Å². The maximum absolute atomic E-state index is 12.0. The fourth-order valence-electron chi connectivity index (χ4n) is 1.76. The summed E-state index contributed by atoms with van der Waals surface area (Å²) in [5.41, 5.74) is 2.42. The van der Waals surface area contributed by atoms with Crippen molar-refractivity contribution in [2.24, 2.45) is 0 Å². The molecule has 0 radical (unpaired) electrons. The van der Waals surface area contributed by atoms with Gasteiger partial charge in [0.05, 0.1) is 30.2 Å². The molecule has 0 unspecified atom stereocenters. The summed E-state index contributed by atoms with van der Waals surface area (Å²) in [6.45, 7) is 3.17. The van der Waals surface area contributed by atoms with E-state index in [4.69, 9.17) is 0 Å². The van der Waals surface area contributed by atoms with Crippen LogP contribution in [-0.4, -0.2) is 34.3 Å². The molecule has 100 valence electrons. The molecule has 1 amide bonds. The van der Waals surface area contributed by atoms with E-state index in [0.29, 0.717) is 18.7 Å². The number of rotatable bonds is 5. The Balaban J connectivity index is 1.90. The molecule has 0 fully saturated rings. The highest BCUT2D eigenvalue weighted by atomic mass is 16.1. The lowest BCUT2D eigenvalue weighted by atomic mass is 10.2. The minimum Gasteiger partial charge on any atom is -0.386 e. The molecule has 0 atom stereocenters. The van der Waals surface area contributed by atoms with E-state index in [2.05, 4.69) is 20.7 Å². The lowest BCUT2D eigenvalue weighted by Crippen LogP contribution is -2.28. The van der Waals surface area contributed by atoms with Crippen LogP contribution in [0.3, 0.4) is 0 Å². The average molecular weight is 259 g/mol. The molecule has 0 aliphatic carbocycles. The van der Waals surface area contributed by atoms with Gasteiger partial charge in [-0.3, -0.25) is 14.5 Å². The molecule has 0 spiro atoms. The van der Waals surface area contributed by atoms with Crippen LogP contribution in [0, 0.1) is 6.92 Å². The van der Waals surface area contributed by atoms with Gasteiger partial charge in [0, 0.05) is 26.0 Å². The van der Waals surface area contributed by atoms with Gasteiger partial charge in [0.25, 0.3) is 5.91 Å². The summed E-state index contributed by atoms with van der Waals surface area (Å²) in [7, 11) is 1.76. The van der Waals surface area contributed by atoms with Crippen molar-refractivity contribution in [1.82, 2.24) is 20.1 Å². The number of anilines is 1. The predicted octanol–water partition coefficient (Wildman–Crippen LogP) is 1.06. The predicted molar refractivity (Wildman–Crippen MR) is 73.1 cm³/mol. The zero-order valence-corrected chi connectivity index (χ0v) is 11.1. The molecule has 0 bridgehead atoms. The van der Waals surface area contributed by atoms with Crippen LogP contribution in [0.1, 0.15) is 15.9 Å². The normalized spacial score (nSPS) is 10.2. The Labute approximate surface area is 111 Å². The zero-order valence-electron chi connectivity index (χ0n) is 11.1. The third kappa shape index (κ3) is 3.31. The van der Waals surface area contributed by atoms with Crippen LogP contribution < -0.4 is 10.6 Å². The highest BCUT2D eigenvalue weighted by molar-refractivity contribution is 5.99. The summed E-state index contributed by atoms with van der Waals surface area (Å²) in [6, 6.07) is 1.69. The molecule has 19 heavy (non-hydrogen) atoms. The largest absolute Gasteiger partial charge is 0.386 e. The summed E-state index contributed by atoms with van der Waals surface area (Å²) >= 11 is 0. The van der Waals surface area contributed by atoms with Gasteiger partial charge in [-0.1, -0.05) is 0 Å². The average Bonchev–Trinajstić information content (AvgIpc) is 2.84. The second-order valence-electron chi connectivity index (χ2n) is 4.21. The van der Waals surface area contributed by atoms with Gasteiger partial charge < -0.3 is 10.6 Å². The van der Waals surface area contributed by atoms with Crippen molar-refractivity contribution in [3.63, 3.8) is 0 Å². The number of amides is 1. The van der Waals surface area contributed by atoms with Gasteiger partial charge in [-0.25, -0.2) is 0 Å². The highest BCUT2D eigenvalue weighted by Gasteiger charge is 2.09. The Morgan fingerprint density at radius 2 is 2.26 bits per heavy atom. The van der Waals surface area contributed by atoms with Gasteiger partial charge in [-0.2, -0.15) is 5.10 Å². The third-order valence-corrected chi connectivity index (χ3v) is 2.72. The molecule has 2 aromatic rings. The van der Waals surface area contributed by atoms with E-state index in [1.54, 1.807) is 36.4 Å². The smallest absolute Gasteiger partial charge is 0.253 e. The summed E-state index contributed by atoms with van der Waals surface area (Å²) in [6.07, 6.45) is 6.97. The molecule has 6 nitrogen and oxygen atoms in total. The van der Waals surface area contributed by atoms with Crippen molar-refractivity contribution in [2.75, 3.05) is 18.9 Å². The Morgan fingerprint density at radius 3 is 2.95 bits per heavy atom. The van der Waals surface area contributed by atoms with E-state index in [-0.39, 0.29) is 5.91 Å². The molecule has 0 aliphatic heterocycles. The lowest BCUT2D eigenvalue weighted by Gasteiger charge is -2.09. The number of nitrogens with zero attached hydrogens (tertiary/aromatic N) is 3. The fraction of sp³-hybridized carbons (Fsp3) is 0.308. The Bertz CT molecular complexity index is 564. The SMILES string of the molecule is CNc1cnccc1C(=O)NCCn1cc(C)cn1. The van der Waals surface area contributed by atoms with Crippen LogP contribution in [0.15, 0.2) is 30.9 Å². The van der Waals surface area contributed by atoms with Crippen molar-refractivity contribution in [1.29, 1.82) is 0 Å². The molecule has 2 aromatic heterocycles. The first-order chi connectivity index (χ1) is 9.20. The fourth-order valence-corrected chi connectivity index (χ4v) is 1.76. The summed E-state index contributed by atoms with van der Waals surface area (Å²) in [5.74, 6) is -0.115. The maximum atomic E-state index is 12.0. The minimum absolute atomic E-state index is 0.115. The second kappa shape index (κ2) is 5.99. The Kier molecular flexibility index (Phi) is 4.12. The standard InChI is InChI=1S/C13H17N5O/c1-10-7-17-18(9-10)6-5-16-13(19)11-3-4-15-8-12(11)14-2/h3-4,7-9,14H,5-6H2,1-2H3,(H,16,19). The molecular formula is C13H17N5O. The molecule has 2 N–H and O–H groups in total. The number of nitrogens with one attached hydrogen (secondary N) is 2. The van der Waals surface area contributed by atoms with E-state index in [9.17, 15) is 4.79 Å². The molecule has 0 saturated heterocycles. The van der Waals surface area contributed by atoms with Crippen molar-refractivity contribution in [2.45, 2.75) is 13.5 Å². The summed E-state index contributed by atoms with van der Waals surface area (Å²) in [5, 5.41) is 9.97. The number of pyridine rings is 1. The number of hydrogen-bond donors (Lipinski definition) is 2. The summed E-state index contributed by atoms with van der Waals surface area (Å²) < 4.78 is 1.81. The molecule has 0 aromatic carbocycles. The van der Waals surface area contributed by atoms with E-state index in [0.717, 1.165) is 11.3 Å². The van der Waals surface area contributed by atoms with Crippen LogP contribution in [-0.2, 0) is 6.54 Å². The van der Waals surface area contributed by atoms with Crippen LogP contribution >= 0.6 is 0 Å². The third-order valence-electron chi connectivity index (χ3n) is 2.72. The topological polar surface area (TPSA) is 71.8 Å². The van der Waals surface area contributed by atoms with E-state index < -0.39 is 0 Å². The summed E-state index contributed by atoms with van der Waals surface area (Å²) in [4.78, 5) is 16.0. The van der Waals surface area contributed by atoms with Gasteiger partial charge in [-0.05, 0) is 18.6 Å². The van der Waals surface area contributed by atoms with Crippen LogP contribution in [0.25, 0.3) is 0 Å². The van der Waals surface area contributed by atoms with Gasteiger partial charge in [0.2, 0.25) is 0 Å². The number of hydrogen-bond acceptors (Lipinski definition) is 4. The van der Waals surface area contributed by atoms with E-state index in [1.807, 2.05) is 13.1 Å². The minimum atomic E-state index is -0.115. The zero-order chi connectivity index (χ0) is 13.7. The quantitative estimate of drug-likeness (QED) is 0.842. The number of aromatic nitrogens is 3. The second-order valence-corrected chi connectivity index (χ2v) is 4.21. The maximum Gasteiger partial charge on any atom is 0.253 e. The van der Waals surface area contributed by atoms with Crippen molar-refractivity contribution in [3.05, 3.63) is 42.0 Å². The van der Waals surface area contributed by atoms with Crippen LogP contribution in [0.2, 0.25) is 0 Å². The monoisotopic (exact) mass is 259 g/mol.